The van der Waals surface area contributed by atoms with E-state index in [4.69, 9.17) is 5.11 Å². The summed E-state index contributed by atoms with van der Waals surface area (Å²) < 4.78 is 0. The first-order valence-corrected chi connectivity index (χ1v) is 5.95. The van der Waals surface area contributed by atoms with Crippen LogP contribution in [0.15, 0.2) is 24.3 Å². The Hall–Kier alpha value is -2.08. The number of phenols is 1. The van der Waals surface area contributed by atoms with Crippen LogP contribution in [-0.2, 0) is 16.0 Å². The molecule has 1 heterocycles. The quantitative estimate of drug-likeness (QED) is 0.713. The standard InChI is InChI=1S/C13H15NO5/c15-9-3-1-2-8(4-9)5-12(17)14-7-10(16)6-11(14)13(18)19/h1-4,10-11,15-16H,5-7H2,(H,18,19)/t10-,11+/m1/s1. The average molecular weight is 265 g/mol. The van der Waals surface area contributed by atoms with E-state index < -0.39 is 18.1 Å². The number of carbonyl (C=O) groups is 2. The van der Waals surface area contributed by atoms with Gasteiger partial charge < -0.3 is 20.2 Å². The molecule has 2 rings (SSSR count). The van der Waals surface area contributed by atoms with Gasteiger partial charge >= 0.3 is 5.97 Å². The first kappa shape index (κ1) is 13.4. The van der Waals surface area contributed by atoms with Crippen LogP contribution < -0.4 is 0 Å². The predicted molar refractivity (Wildman–Crippen MR) is 65.6 cm³/mol. The second-order valence-electron chi connectivity index (χ2n) is 4.64. The monoisotopic (exact) mass is 265 g/mol. The van der Waals surface area contributed by atoms with Crippen LogP contribution in [0.2, 0.25) is 0 Å². The van der Waals surface area contributed by atoms with Gasteiger partial charge in [-0.05, 0) is 17.7 Å². The van der Waals surface area contributed by atoms with Gasteiger partial charge in [0.15, 0.2) is 0 Å². The summed E-state index contributed by atoms with van der Waals surface area (Å²) >= 11 is 0. The third-order valence-corrected chi connectivity index (χ3v) is 3.15. The molecule has 0 radical (unpaired) electrons. The third kappa shape index (κ3) is 3.03. The lowest BCUT2D eigenvalue weighted by Crippen LogP contribution is -2.41. The number of β-amino-alcohol motifs (C(OH)–C–C–N with tert-alkyl or cyclic N) is 1. The van der Waals surface area contributed by atoms with Crippen LogP contribution in [0, 0.1) is 0 Å². The summed E-state index contributed by atoms with van der Waals surface area (Å²) in [4.78, 5) is 24.3. The molecule has 0 aliphatic carbocycles. The Balaban J connectivity index is 2.09. The Labute approximate surface area is 109 Å². The number of phenolic OH excluding ortho intramolecular Hbond substituents is 1. The highest BCUT2D eigenvalue weighted by molar-refractivity contribution is 5.85. The maximum absolute atomic E-state index is 12.1. The summed E-state index contributed by atoms with van der Waals surface area (Å²) in [6.45, 7) is 0.0363. The van der Waals surface area contributed by atoms with Gasteiger partial charge in [-0.15, -0.1) is 0 Å². The lowest BCUT2D eigenvalue weighted by molar-refractivity contribution is -0.148. The minimum Gasteiger partial charge on any atom is -0.508 e. The molecule has 1 amide bonds. The number of amides is 1. The van der Waals surface area contributed by atoms with Crippen molar-refractivity contribution in [1.29, 1.82) is 0 Å². The number of aliphatic hydroxyl groups is 1. The number of carboxylic acid groups (broad SMARTS) is 1. The molecule has 0 bridgehead atoms. The summed E-state index contributed by atoms with van der Waals surface area (Å²) in [6.07, 6.45) is -0.735. The normalized spacial score (nSPS) is 22.5. The van der Waals surface area contributed by atoms with Gasteiger partial charge in [0.2, 0.25) is 5.91 Å². The Bertz CT molecular complexity index is 502. The van der Waals surface area contributed by atoms with Crippen molar-refractivity contribution in [1.82, 2.24) is 4.90 Å². The molecule has 102 valence electrons. The number of hydrogen-bond acceptors (Lipinski definition) is 4. The van der Waals surface area contributed by atoms with Gasteiger partial charge in [0.1, 0.15) is 11.8 Å². The fraction of sp³-hybridized carbons (Fsp3) is 0.385. The molecule has 1 fully saturated rings. The van der Waals surface area contributed by atoms with Gasteiger partial charge in [0.25, 0.3) is 0 Å². The van der Waals surface area contributed by atoms with Crippen LogP contribution in [0.1, 0.15) is 12.0 Å². The van der Waals surface area contributed by atoms with Crippen LogP contribution in [0.3, 0.4) is 0 Å². The molecule has 6 nitrogen and oxygen atoms in total. The molecule has 0 aromatic heterocycles. The van der Waals surface area contributed by atoms with E-state index in [0.717, 1.165) is 0 Å². The van der Waals surface area contributed by atoms with Crippen molar-refractivity contribution in [3.63, 3.8) is 0 Å². The first-order chi connectivity index (χ1) is 8.97. The van der Waals surface area contributed by atoms with Gasteiger partial charge in [0.05, 0.1) is 12.5 Å². The number of nitrogens with zero attached hydrogens (tertiary/aromatic N) is 1. The largest absolute Gasteiger partial charge is 0.508 e. The molecule has 2 atom stereocenters. The van der Waals surface area contributed by atoms with E-state index in [1.165, 1.54) is 17.0 Å². The molecule has 1 aromatic carbocycles. The molecule has 6 heteroatoms. The van der Waals surface area contributed by atoms with Crippen molar-refractivity contribution in [2.45, 2.75) is 25.0 Å². The molecule has 19 heavy (non-hydrogen) atoms. The van der Waals surface area contributed by atoms with Gasteiger partial charge in [-0.2, -0.15) is 0 Å². The minimum atomic E-state index is -1.11. The summed E-state index contributed by atoms with van der Waals surface area (Å²) in [6, 6.07) is 5.28. The van der Waals surface area contributed by atoms with Crippen LogP contribution in [-0.4, -0.2) is 50.8 Å². The molecule has 1 aliphatic rings. The summed E-state index contributed by atoms with van der Waals surface area (Å²) in [5.41, 5.74) is 0.607. The van der Waals surface area contributed by atoms with Crippen molar-refractivity contribution < 1.29 is 24.9 Å². The van der Waals surface area contributed by atoms with Crippen molar-refractivity contribution in [3.8, 4) is 5.75 Å². The van der Waals surface area contributed by atoms with E-state index in [0.29, 0.717) is 5.56 Å². The number of carboxylic acids is 1. The highest BCUT2D eigenvalue weighted by atomic mass is 16.4. The van der Waals surface area contributed by atoms with Crippen LogP contribution in [0.25, 0.3) is 0 Å². The van der Waals surface area contributed by atoms with E-state index in [9.17, 15) is 19.8 Å². The van der Waals surface area contributed by atoms with Crippen LogP contribution in [0.5, 0.6) is 5.75 Å². The Morgan fingerprint density at radius 3 is 2.74 bits per heavy atom. The zero-order valence-corrected chi connectivity index (χ0v) is 10.2. The minimum absolute atomic E-state index is 0.00486. The maximum Gasteiger partial charge on any atom is 0.326 e. The second-order valence-corrected chi connectivity index (χ2v) is 4.64. The van der Waals surface area contributed by atoms with Crippen molar-refractivity contribution in [2.75, 3.05) is 6.54 Å². The molecule has 1 aromatic rings. The number of aliphatic hydroxyl groups excluding tert-OH is 1. The zero-order chi connectivity index (χ0) is 14.0. The molecule has 1 aliphatic heterocycles. The number of benzene rings is 1. The second kappa shape index (κ2) is 5.27. The number of carbonyl (C=O) groups excluding carboxylic acids is 1. The maximum atomic E-state index is 12.1. The number of likely N-dealkylation sites (tertiary alicyclic amines) is 1. The molecule has 0 unspecified atom stereocenters. The van der Waals surface area contributed by atoms with E-state index in [-0.39, 0.29) is 31.0 Å². The molecule has 1 saturated heterocycles. The van der Waals surface area contributed by atoms with Crippen molar-refractivity contribution >= 4 is 11.9 Å². The highest BCUT2D eigenvalue weighted by Crippen LogP contribution is 2.20. The third-order valence-electron chi connectivity index (χ3n) is 3.15. The van der Waals surface area contributed by atoms with E-state index >= 15 is 0 Å². The summed E-state index contributed by atoms with van der Waals surface area (Å²) in [5, 5.41) is 27.8. The highest BCUT2D eigenvalue weighted by Gasteiger charge is 2.38. The Morgan fingerprint density at radius 2 is 2.11 bits per heavy atom. The van der Waals surface area contributed by atoms with E-state index in [1.54, 1.807) is 12.1 Å². The Kier molecular flexibility index (Phi) is 3.71. The smallest absolute Gasteiger partial charge is 0.326 e. The lowest BCUT2D eigenvalue weighted by Gasteiger charge is -2.21. The van der Waals surface area contributed by atoms with Crippen molar-refractivity contribution in [3.05, 3.63) is 29.8 Å². The number of aliphatic carboxylic acids is 1. The number of aromatic hydroxyl groups is 1. The fourth-order valence-corrected chi connectivity index (χ4v) is 2.27. The molecule has 0 saturated carbocycles. The van der Waals surface area contributed by atoms with Gasteiger partial charge in [-0.25, -0.2) is 4.79 Å². The number of hydrogen-bond donors (Lipinski definition) is 3. The molecular weight excluding hydrogens is 250 g/mol. The molecule has 3 N–H and O–H groups in total. The van der Waals surface area contributed by atoms with Crippen molar-refractivity contribution in [2.24, 2.45) is 0 Å². The average Bonchev–Trinajstić information content (AvgIpc) is 2.71. The predicted octanol–water partition coefficient (Wildman–Crippen LogP) is -0.0189. The molecule has 0 spiro atoms. The van der Waals surface area contributed by atoms with E-state index in [2.05, 4.69) is 0 Å². The first-order valence-electron chi connectivity index (χ1n) is 5.95. The van der Waals surface area contributed by atoms with Crippen LogP contribution >= 0.6 is 0 Å². The number of rotatable bonds is 3. The SMILES string of the molecule is O=C(O)[C@@H]1C[C@@H](O)CN1C(=O)Cc1cccc(O)c1. The molecular formula is C13H15NO5. The summed E-state index contributed by atoms with van der Waals surface area (Å²) in [7, 11) is 0. The topological polar surface area (TPSA) is 98.1 Å². The summed E-state index contributed by atoms with van der Waals surface area (Å²) in [5.74, 6) is -1.42. The zero-order valence-electron chi connectivity index (χ0n) is 10.2. The van der Waals surface area contributed by atoms with Gasteiger partial charge in [-0.1, -0.05) is 12.1 Å². The van der Waals surface area contributed by atoms with E-state index in [1.807, 2.05) is 0 Å². The van der Waals surface area contributed by atoms with Crippen LogP contribution in [0.4, 0.5) is 0 Å². The van der Waals surface area contributed by atoms with Gasteiger partial charge in [0, 0.05) is 13.0 Å². The lowest BCUT2D eigenvalue weighted by atomic mass is 10.1. The Morgan fingerprint density at radius 1 is 1.37 bits per heavy atom. The van der Waals surface area contributed by atoms with Gasteiger partial charge in [-0.3, -0.25) is 4.79 Å². The fourth-order valence-electron chi connectivity index (χ4n) is 2.27.